The van der Waals surface area contributed by atoms with Crippen LogP contribution < -0.4 is 5.32 Å². The summed E-state index contributed by atoms with van der Waals surface area (Å²) in [5, 5.41) is 3.37. The van der Waals surface area contributed by atoms with E-state index >= 15 is 0 Å². The fourth-order valence-corrected chi connectivity index (χ4v) is 1.37. The molecule has 1 aromatic carbocycles. The van der Waals surface area contributed by atoms with Gasteiger partial charge in [0.05, 0.1) is 11.6 Å². The Morgan fingerprint density at radius 3 is 2.87 bits per heavy atom. The number of benzene rings is 1. The molecule has 0 aliphatic rings. The van der Waals surface area contributed by atoms with E-state index in [0.717, 1.165) is 5.56 Å². The standard InChI is InChI=1S/C11H15ClFNO/c1-8(7-15-2)14-6-9-3-4-10(12)11(13)5-9/h3-5,8,14H,6-7H2,1-2H3/t8-/m0/s1. The molecule has 0 spiro atoms. The minimum atomic E-state index is -0.379. The van der Waals surface area contributed by atoms with Crippen LogP contribution in [0.15, 0.2) is 18.2 Å². The number of ether oxygens (including phenoxy) is 1. The summed E-state index contributed by atoms with van der Waals surface area (Å²) in [5.74, 6) is -0.379. The Balaban J connectivity index is 2.47. The number of hydrogen-bond donors (Lipinski definition) is 1. The molecule has 0 saturated heterocycles. The average molecular weight is 232 g/mol. The van der Waals surface area contributed by atoms with Crippen LogP contribution >= 0.6 is 11.6 Å². The van der Waals surface area contributed by atoms with Gasteiger partial charge in [-0.3, -0.25) is 0 Å². The summed E-state index contributed by atoms with van der Waals surface area (Å²) < 4.78 is 18.0. The average Bonchev–Trinajstić information content (AvgIpc) is 2.20. The minimum absolute atomic E-state index is 0.156. The van der Waals surface area contributed by atoms with E-state index in [2.05, 4.69) is 5.32 Å². The lowest BCUT2D eigenvalue weighted by Crippen LogP contribution is -2.29. The first-order valence-electron chi connectivity index (χ1n) is 4.79. The zero-order chi connectivity index (χ0) is 11.3. The van der Waals surface area contributed by atoms with E-state index in [1.807, 2.05) is 6.92 Å². The van der Waals surface area contributed by atoms with Crippen molar-refractivity contribution in [1.29, 1.82) is 0 Å². The van der Waals surface area contributed by atoms with Crippen molar-refractivity contribution in [3.8, 4) is 0 Å². The van der Waals surface area contributed by atoms with Crippen LogP contribution in [0.1, 0.15) is 12.5 Å². The Kier molecular flexibility index (Phi) is 5.02. The third-order valence-electron chi connectivity index (χ3n) is 2.06. The molecule has 1 aromatic rings. The molecule has 0 aromatic heterocycles. The maximum Gasteiger partial charge on any atom is 0.142 e. The van der Waals surface area contributed by atoms with Gasteiger partial charge in [-0.2, -0.15) is 0 Å². The molecule has 0 heterocycles. The Labute approximate surface area is 94.4 Å². The highest BCUT2D eigenvalue weighted by atomic mass is 35.5. The smallest absolute Gasteiger partial charge is 0.142 e. The Bertz CT molecular complexity index is 319. The third kappa shape index (κ3) is 4.16. The van der Waals surface area contributed by atoms with Crippen LogP contribution in [-0.4, -0.2) is 19.8 Å². The van der Waals surface area contributed by atoms with Gasteiger partial charge in [0.15, 0.2) is 0 Å². The zero-order valence-electron chi connectivity index (χ0n) is 8.89. The van der Waals surface area contributed by atoms with Crippen LogP contribution in [0, 0.1) is 5.82 Å². The molecule has 1 N–H and O–H groups in total. The molecule has 0 aliphatic heterocycles. The summed E-state index contributed by atoms with van der Waals surface area (Å²) in [6.07, 6.45) is 0. The topological polar surface area (TPSA) is 21.3 Å². The molecule has 84 valence electrons. The maximum absolute atomic E-state index is 13.1. The quantitative estimate of drug-likeness (QED) is 0.841. The molecule has 0 fully saturated rings. The molecule has 0 amide bonds. The number of halogens is 2. The van der Waals surface area contributed by atoms with Gasteiger partial charge in [0.25, 0.3) is 0 Å². The highest BCUT2D eigenvalue weighted by Gasteiger charge is 2.03. The zero-order valence-corrected chi connectivity index (χ0v) is 9.64. The van der Waals surface area contributed by atoms with Gasteiger partial charge in [0.2, 0.25) is 0 Å². The van der Waals surface area contributed by atoms with Crippen molar-refractivity contribution < 1.29 is 9.13 Å². The fraction of sp³-hybridized carbons (Fsp3) is 0.455. The van der Waals surface area contributed by atoms with Gasteiger partial charge >= 0.3 is 0 Å². The number of nitrogens with one attached hydrogen (secondary N) is 1. The summed E-state index contributed by atoms with van der Waals surface area (Å²) in [7, 11) is 1.65. The van der Waals surface area contributed by atoms with Crippen molar-refractivity contribution in [1.82, 2.24) is 5.32 Å². The molecule has 0 radical (unpaired) electrons. The third-order valence-corrected chi connectivity index (χ3v) is 2.36. The van der Waals surface area contributed by atoms with Crippen LogP contribution in [0.2, 0.25) is 5.02 Å². The Hall–Kier alpha value is -0.640. The SMILES string of the molecule is COC[C@H](C)NCc1ccc(Cl)c(F)c1. The van der Waals surface area contributed by atoms with Crippen LogP contribution in [0.25, 0.3) is 0 Å². The van der Waals surface area contributed by atoms with Gasteiger partial charge in [-0.05, 0) is 24.6 Å². The molecule has 1 rings (SSSR count). The molecular weight excluding hydrogens is 217 g/mol. The van der Waals surface area contributed by atoms with Crippen LogP contribution in [0.4, 0.5) is 4.39 Å². The highest BCUT2D eigenvalue weighted by molar-refractivity contribution is 6.30. The van der Waals surface area contributed by atoms with E-state index in [-0.39, 0.29) is 16.9 Å². The number of methoxy groups -OCH3 is 1. The first kappa shape index (κ1) is 12.4. The molecule has 15 heavy (non-hydrogen) atoms. The van der Waals surface area contributed by atoms with E-state index < -0.39 is 0 Å². The van der Waals surface area contributed by atoms with Gasteiger partial charge in [-0.25, -0.2) is 4.39 Å². The monoisotopic (exact) mass is 231 g/mol. The van der Waals surface area contributed by atoms with Gasteiger partial charge in [-0.15, -0.1) is 0 Å². The van der Waals surface area contributed by atoms with E-state index in [1.165, 1.54) is 6.07 Å². The Morgan fingerprint density at radius 1 is 1.53 bits per heavy atom. The lowest BCUT2D eigenvalue weighted by molar-refractivity contribution is 0.171. The molecular formula is C11H15ClFNO. The summed E-state index contributed by atoms with van der Waals surface area (Å²) in [5.41, 5.74) is 0.875. The van der Waals surface area contributed by atoms with E-state index in [9.17, 15) is 4.39 Å². The van der Waals surface area contributed by atoms with Gasteiger partial charge < -0.3 is 10.1 Å². The largest absolute Gasteiger partial charge is 0.383 e. The number of rotatable bonds is 5. The van der Waals surface area contributed by atoms with Gasteiger partial charge in [0, 0.05) is 19.7 Å². The second kappa shape index (κ2) is 6.05. The van der Waals surface area contributed by atoms with Crippen molar-refractivity contribution in [2.75, 3.05) is 13.7 Å². The number of hydrogen-bond acceptors (Lipinski definition) is 2. The molecule has 0 unspecified atom stereocenters. The molecule has 4 heteroatoms. The second-order valence-corrected chi connectivity index (χ2v) is 3.89. The molecule has 2 nitrogen and oxygen atoms in total. The summed E-state index contributed by atoms with van der Waals surface area (Å²) in [6, 6.07) is 5.05. The fourth-order valence-electron chi connectivity index (χ4n) is 1.25. The summed E-state index contributed by atoms with van der Waals surface area (Å²) in [4.78, 5) is 0. The van der Waals surface area contributed by atoms with Crippen molar-refractivity contribution >= 4 is 11.6 Å². The van der Waals surface area contributed by atoms with Crippen molar-refractivity contribution in [2.45, 2.75) is 19.5 Å². The Morgan fingerprint density at radius 2 is 2.27 bits per heavy atom. The van der Waals surface area contributed by atoms with Crippen molar-refractivity contribution in [3.63, 3.8) is 0 Å². The summed E-state index contributed by atoms with van der Waals surface area (Å²) >= 11 is 5.58. The first-order valence-corrected chi connectivity index (χ1v) is 5.17. The summed E-state index contributed by atoms with van der Waals surface area (Å²) in [6.45, 7) is 3.25. The normalized spacial score (nSPS) is 12.8. The lowest BCUT2D eigenvalue weighted by Gasteiger charge is -2.12. The second-order valence-electron chi connectivity index (χ2n) is 3.49. The van der Waals surface area contributed by atoms with Gasteiger partial charge in [-0.1, -0.05) is 17.7 Å². The maximum atomic E-state index is 13.1. The minimum Gasteiger partial charge on any atom is -0.383 e. The van der Waals surface area contributed by atoms with Gasteiger partial charge in [0.1, 0.15) is 5.82 Å². The van der Waals surface area contributed by atoms with Crippen molar-refractivity contribution in [2.24, 2.45) is 0 Å². The van der Waals surface area contributed by atoms with E-state index in [1.54, 1.807) is 19.2 Å². The molecule has 0 aliphatic carbocycles. The van der Waals surface area contributed by atoms with E-state index in [4.69, 9.17) is 16.3 Å². The van der Waals surface area contributed by atoms with Crippen LogP contribution in [0.3, 0.4) is 0 Å². The molecule has 0 saturated carbocycles. The molecule has 0 bridgehead atoms. The predicted molar refractivity (Wildman–Crippen MR) is 59.6 cm³/mol. The highest BCUT2D eigenvalue weighted by Crippen LogP contribution is 2.15. The van der Waals surface area contributed by atoms with Crippen molar-refractivity contribution in [3.05, 3.63) is 34.6 Å². The van der Waals surface area contributed by atoms with Crippen LogP contribution in [-0.2, 0) is 11.3 Å². The van der Waals surface area contributed by atoms with E-state index in [0.29, 0.717) is 13.2 Å². The molecule has 1 atom stereocenters. The predicted octanol–water partition coefficient (Wildman–Crippen LogP) is 2.60. The lowest BCUT2D eigenvalue weighted by atomic mass is 10.2. The van der Waals surface area contributed by atoms with Crippen LogP contribution in [0.5, 0.6) is 0 Å². The first-order chi connectivity index (χ1) is 7.13.